The number of nitrogens with zero attached hydrogens (tertiary/aromatic N) is 1. The molecular formula is C13H17N3O. The van der Waals surface area contributed by atoms with Crippen LogP contribution in [0.1, 0.15) is 19.4 Å². The molecule has 0 aliphatic carbocycles. The lowest BCUT2D eigenvalue weighted by atomic mass is 9.85. The Labute approximate surface area is 100 Å². The van der Waals surface area contributed by atoms with Crippen molar-refractivity contribution >= 4 is 5.82 Å². The molecule has 0 saturated carbocycles. The summed E-state index contributed by atoms with van der Waals surface area (Å²) in [4.78, 5) is 0. The van der Waals surface area contributed by atoms with Gasteiger partial charge in [-0.1, -0.05) is 38.1 Å². The number of nitrogen functional groups attached to an aromatic ring is 1. The van der Waals surface area contributed by atoms with E-state index in [0.29, 0.717) is 5.82 Å². The van der Waals surface area contributed by atoms with Gasteiger partial charge in [-0.05, 0) is 11.1 Å². The van der Waals surface area contributed by atoms with Crippen molar-refractivity contribution in [2.75, 3.05) is 12.3 Å². The number of aromatic nitrogens is 2. The Morgan fingerprint density at radius 2 is 1.94 bits per heavy atom. The summed E-state index contributed by atoms with van der Waals surface area (Å²) in [5, 5.41) is 15.9. The molecule has 0 saturated heterocycles. The van der Waals surface area contributed by atoms with Gasteiger partial charge < -0.3 is 10.8 Å². The van der Waals surface area contributed by atoms with Crippen LogP contribution in [0.3, 0.4) is 0 Å². The number of benzene rings is 1. The van der Waals surface area contributed by atoms with Crippen LogP contribution < -0.4 is 5.73 Å². The Morgan fingerprint density at radius 3 is 2.41 bits per heavy atom. The first-order valence-electron chi connectivity index (χ1n) is 5.55. The van der Waals surface area contributed by atoms with Crippen LogP contribution in [0, 0.1) is 0 Å². The quantitative estimate of drug-likeness (QED) is 0.755. The molecule has 1 aromatic carbocycles. The molecule has 4 N–H and O–H groups in total. The predicted octanol–water partition coefficient (Wildman–Crippen LogP) is 1.93. The van der Waals surface area contributed by atoms with E-state index in [0.717, 1.165) is 16.7 Å². The average Bonchev–Trinajstić information content (AvgIpc) is 2.76. The fourth-order valence-electron chi connectivity index (χ4n) is 1.72. The standard InChI is InChI=1S/C13H17N3O/c1-13(2,8-17)10-5-3-9(4-6-10)11-7-15-16-12(11)14/h3-7,17H,8H2,1-2H3,(H3,14,15,16). The zero-order valence-electron chi connectivity index (χ0n) is 10.1. The Bertz CT molecular complexity index is 500. The van der Waals surface area contributed by atoms with Gasteiger partial charge in [0.1, 0.15) is 5.82 Å². The summed E-state index contributed by atoms with van der Waals surface area (Å²) in [6.45, 7) is 4.14. The lowest BCUT2D eigenvalue weighted by Gasteiger charge is -2.22. The van der Waals surface area contributed by atoms with Crippen molar-refractivity contribution in [3.8, 4) is 11.1 Å². The number of aliphatic hydroxyl groups excluding tert-OH is 1. The lowest BCUT2D eigenvalue weighted by Crippen LogP contribution is -2.21. The maximum absolute atomic E-state index is 9.31. The van der Waals surface area contributed by atoms with E-state index in [4.69, 9.17) is 5.73 Å². The molecule has 0 fully saturated rings. The molecule has 90 valence electrons. The molecule has 0 unspecified atom stereocenters. The van der Waals surface area contributed by atoms with Gasteiger partial charge in [0.2, 0.25) is 0 Å². The third-order valence-electron chi connectivity index (χ3n) is 3.04. The summed E-state index contributed by atoms with van der Waals surface area (Å²) >= 11 is 0. The zero-order chi connectivity index (χ0) is 12.5. The van der Waals surface area contributed by atoms with Crippen LogP contribution in [0.4, 0.5) is 5.82 Å². The monoisotopic (exact) mass is 231 g/mol. The minimum atomic E-state index is -0.222. The smallest absolute Gasteiger partial charge is 0.126 e. The number of nitrogens with two attached hydrogens (primary N) is 1. The number of aromatic amines is 1. The maximum atomic E-state index is 9.31. The molecule has 0 aliphatic heterocycles. The van der Waals surface area contributed by atoms with Crippen molar-refractivity contribution in [2.45, 2.75) is 19.3 Å². The van der Waals surface area contributed by atoms with E-state index in [1.807, 2.05) is 38.1 Å². The summed E-state index contributed by atoms with van der Waals surface area (Å²) in [6, 6.07) is 8.01. The molecule has 0 atom stereocenters. The van der Waals surface area contributed by atoms with E-state index in [1.54, 1.807) is 6.20 Å². The van der Waals surface area contributed by atoms with E-state index >= 15 is 0 Å². The summed E-state index contributed by atoms with van der Waals surface area (Å²) in [6.07, 6.45) is 1.71. The van der Waals surface area contributed by atoms with Gasteiger partial charge in [0, 0.05) is 11.0 Å². The first kappa shape index (κ1) is 11.7. The van der Waals surface area contributed by atoms with Crippen LogP contribution in [0.2, 0.25) is 0 Å². The Kier molecular flexibility index (Phi) is 2.90. The topological polar surface area (TPSA) is 74.9 Å². The molecule has 1 aromatic heterocycles. The number of hydrogen-bond donors (Lipinski definition) is 3. The van der Waals surface area contributed by atoms with Crippen molar-refractivity contribution in [3.63, 3.8) is 0 Å². The number of aliphatic hydroxyl groups is 1. The van der Waals surface area contributed by atoms with Crippen molar-refractivity contribution in [1.29, 1.82) is 0 Å². The third kappa shape index (κ3) is 2.17. The van der Waals surface area contributed by atoms with Gasteiger partial charge in [0.05, 0.1) is 12.8 Å². The fraction of sp³-hybridized carbons (Fsp3) is 0.308. The molecule has 17 heavy (non-hydrogen) atoms. The maximum Gasteiger partial charge on any atom is 0.126 e. The molecular weight excluding hydrogens is 214 g/mol. The third-order valence-corrected chi connectivity index (χ3v) is 3.04. The first-order chi connectivity index (χ1) is 8.04. The highest BCUT2D eigenvalue weighted by Gasteiger charge is 2.19. The van der Waals surface area contributed by atoms with Gasteiger partial charge in [-0.25, -0.2) is 0 Å². The summed E-state index contributed by atoms with van der Waals surface area (Å²) in [7, 11) is 0. The number of rotatable bonds is 3. The molecule has 2 rings (SSSR count). The highest BCUT2D eigenvalue weighted by molar-refractivity contribution is 5.73. The van der Waals surface area contributed by atoms with Crippen molar-refractivity contribution in [3.05, 3.63) is 36.0 Å². The van der Waals surface area contributed by atoms with Gasteiger partial charge in [-0.15, -0.1) is 0 Å². The Hall–Kier alpha value is -1.81. The summed E-state index contributed by atoms with van der Waals surface area (Å²) in [5.41, 5.74) is 8.57. The molecule has 1 heterocycles. The van der Waals surface area contributed by atoms with Crippen LogP contribution in [0.15, 0.2) is 30.5 Å². The second-order valence-corrected chi connectivity index (χ2v) is 4.82. The van der Waals surface area contributed by atoms with Crippen LogP contribution in [0.5, 0.6) is 0 Å². The SMILES string of the molecule is CC(C)(CO)c1ccc(-c2cn[nH]c2N)cc1. The van der Waals surface area contributed by atoms with E-state index in [1.165, 1.54) is 0 Å². The van der Waals surface area contributed by atoms with Crippen molar-refractivity contribution in [1.82, 2.24) is 10.2 Å². The van der Waals surface area contributed by atoms with Crippen LogP contribution in [0.25, 0.3) is 11.1 Å². The van der Waals surface area contributed by atoms with E-state index < -0.39 is 0 Å². The van der Waals surface area contributed by atoms with Crippen LogP contribution >= 0.6 is 0 Å². The van der Waals surface area contributed by atoms with Gasteiger partial charge >= 0.3 is 0 Å². The molecule has 0 amide bonds. The van der Waals surface area contributed by atoms with Crippen molar-refractivity contribution < 1.29 is 5.11 Å². The average molecular weight is 231 g/mol. The van der Waals surface area contributed by atoms with E-state index in [9.17, 15) is 5.11 Å². The second kappa shape index (κ2) is 4.22. The van der Waals surface area contributed by atoms with E-state index in [-0.39, 0.29) is 12.0 Å². The zero-order valence-corrected chi connectivity index (χ0v) is 10.1. The Balaban J connectivity index is 2.34. The molecule has 0 bridgehead atoms. The number of nitrogens with one attached hydrogen (secondary N) is 1. The Morgan fingerprint density at radius 1 is 1.29 bits per heavy atom. The molecule has 4 heteroatoms. The predicted molar refractivity (Wildman–Crippen MR) is 68.5 cm³/mol. The molecule has 4 nitrogen and oxygen atoms in total. The number of hydrogen-bond acceptors (Lipinski definition) is 3. The van der Waals surface area contributed by atoms with Gasteiger partial charge in [-0.2, -0.15) is 5.10 Å². The van der Waals surface area contributed by atoms with Gasteiger partial charge in [-0.3, -0.25) is 5.10 Å². The second-order valence-electron chi connectivity index (χ2n) is 4.82. The summed E-state index contributed by atoms with van der Waals surface area (Å²) < 4.78 is 0. The molecule has 0 aliphatic rings. The minimum absolute atomic E-state index is 0.125. The van der Waals surface area contributed by atoms with Crippen molar-refractivity contribution in [2.24, 2.45) is 0 Å². The van der Waals surface area contributed by atoms with E-state index in [2.05, 4.69) is 10.2 Å². The fourth-order valence-corrected chi connectivity index (χ4v) is 1.72. The van der Waals surface area contributed by atoms with Gasteiger partial charge in [0.15, 0.2) is 0 Å². The number of anilines is 1. The normalized spacial score (nSPS) is 11.7. The molecule has 2 aromatic rings. The van der Waals surface area contributed by atoms with Crippen LogP contribution in [-0.4, -0.2) is 21.9 Å². The summed E-state index contributed by atoms with van der Waals surface area (Å²) in [5.74, 6) is 0.569. The number of H-pyrrole nitrogens is 1. The minimum Gasteiger partial charge on any atom is -0.395 e. The highest BCUT2D eigenvalue weighted by atomic mass is 16.3. The highest BCUT2D eigenvalue weighted by Crippen LogP contribution is 2.27. The van der Waals surface area contributed by atoms with Gasteiger partial charge in [0.25, 0.3) is 0 Å². The molecule has 0 spiro atoms. The largest absolute Gasteiger partial charge is 0.395 e. The van der Waals surface area contributed by atoms with Crippen LogP contribution in [-0.2, 0) is 5.41 Å². The first-order valence-corrected chi connectivity index (χ1v) is 5.55. The molecule has 0 radical (unpaired) electrons. The lowest BCUT2D eigenvalue weighted by molar-refractivity contribution is 0.218.